The molecule has 0 amide bonds. The third kappa shape index (κ3) is 16.3. The Morgan fingerprint density at radius 2 is 1.21 bits per heavy atom. The second-order valence-electron chi connectivity index (χ2n) is 6.37. The normalized spacial score (nSPS) is 19.6. The van der Waals surface area contributed by atoms with Crippen molar-refractivity contribution in [1.29, 1.82) is 0 Å². The molecule has 4 N–H and O–H groups in total. The zero-order valence-corrected chi connectivity index (χ0v) is 15.3. The quantitative estimate of drug-likeness (QED) is 0.590. The van der Waals surface area contributed by atoms with Crippen molar-refractivity contribution in [2.75, 3.05) is 20.6 Å². The Bertz CT molecular complexity index is 476. The van der Waals surface area contributed by atoms with Crippen molar-refractivity contribution in [2.45, 2.75) is 50.5 Å². The second kappa shape index (κ2) is 12.5. The average molecular weight is 426 g/mol. The van der Waals surface area contributed by atoms with Crippen LogP contribution in [0.4, 0.5) is 26.3 Å². The molecule has 0 radical (unpaired) electrons. The SMILES string of the molecule is CN(C)CC(=O)CC1CCC(N)CC1.O=C(O)C(F)(F)F.O=C(O)C(F)(F)F. The molecule has 0 spiro atoms. The molecule has 0 aliphatic heterocycles. The van der Waals surface area contributed by atoms with Gasteiger partial charge in [-0.2, -0.15) is 26.3 Å². The van der Waals surface area contributed by atoms with Gasteiger partial charge in [-0.3, -0.25) is 4.79 Å². The van der Waals surface area contributed by atoms with Crippen LogP contribution in [0, 0.1) is 5.92 Å². The number of carboxylic acid groups (broad SMARTS) is 2. The smallest absolute Gasteiger partial charge is 0.475 e. The summed E-state index contributed by atoms with van der Waals surface area (Å²) in [6, 6.07) is 0.384. The van der Waals surface area contributed by atoms with Gasteiger partial charge in [0.05, 0.1) is 6.54 Å². The first-order valence-electron chi connectivity index (χ1n) is 7.99. The van der Waals surface area contributed by atoms with Crippen molar-refractivity contribution < 1.29 is 50.9 Å². The number of carboxylic acids is 2. The Balaban J connectivity index is 0. The van der Waals surface area contributed by atoms with E-state index in [0.717, 1.165) is 32.1 Å². The highest BCUT2D eigenvalue weighted by molar-refractivity contribution is 5.80. The second-order valence-corrected chi connectivity index (χ2v) is 6.37. The first kappa shape index (κ1) is 28.3. The van der Waals surface area contributed by atoms with Crippen LogP contribution >= 0.6 is 0 Å². The number of carbonyl (C=O) groups excluding carboxylic acids is 1. The Kier molecular flexibility index (Phi) is 12.7. The van der Waals surface area contributed by atoms with Gasteiger partial charge >= 0.3 is 24.3 Å². The number of halogens is 6. The molecule has 0 aromatic rings. The predicted octanol–water partition coefficient (Wildman–Crippen LogP) is 2.29. The number of aliphatic carboxylic acids is 2. The summed E-state index contributed by atoms with van der Waals surface area (Å²) in [7, 11) is 3.88. The monoisotopic (exact) mass is 426 g/mol. The van der Waals surface area contributed by atoms with Crippen molar-refractivity contribution in [2.24, 2.45) is 11.7 Å². The van der Waals surface area contributed by atoms with Gasteiger partial charge in [-0.05, 0) is 45.7 Å². The molecule has 1 aliphatic rings. The molecule has 1 saturated carbocycles. The van der Waals surface area contributed by atoms with Crippen LogP contribution in [0.3, 0.4) is 0 Å². The fourth-order valence-electron chi connectivity index (χ4n) is 2.13. The van der Waals surface area contributed by atoms with Crippen LogP contribution in [0.2, 0.25) is 0 Å². The molecular formula is C15H24F6N2O5. The Labute approximate surface area is 157 Å². The summed E-state index contributed by atoms with van der Waals surface area (Å²) in [4.78, 5) is 31.3. The third-order valence-electron chi connectivity index (χ3n) is 3.39. The first-order valence-corrected chi connectivity index (χ1v) is 7.99. The molecule has 1 fully saturated rings. The molecule has 7 nitrogen and oxygen atoms in total. The van der Waals surface area contributed by atoms with Gasteiger partial charge in [-0.15, -0.1) is 0 Å². The summed E-state index contributed by atoms with van der Waals surface area (Å²) in [6.07, 6.45) is -4.94. The van der Waals surface area contributed by atoms with Crippen LogP contribution in [-0.2, 0) is 14.4 Å². The molecule has 0 bridgehead atoms. The van der Waals surface area contributed by atoms with Crippen molar-refractivity contribution in [1.82, 2.24) is 4.90 Å². The minimum Gasteiger partial charge on any atom is -0.475 e. The number of alkyl halides is 6. The number of ketones is 1. The lowest BCUT2D eigenvalue weighted by molar-refractivity contribution is -0.193. The molecule has 1 rings (SSSR count). The highest BCUT2D eigenvalue weighted by atomic mass is 19.4. The minimum atomic E-state index is -5.08. The van der Waals surface area contributed by atoms with Gasteiger partial charge in [0.25, 0.3) is 0 Å². The van der Waals surface area contributed by atoms with E-state index in [1.165, 1.54) is 0 Å². The summed E-state index contributed by atoms with van der Waals surface area (Å²) in [5.74, 6) is -4.54. The number of carbonyl (C=O) groups is 3. The number of likely N-dealkylation sites (N-methyl/N-ethyl adjacent to an activating group) is 1. The van der Waals surface area contributed by atoms with E-state index in [1.54, 1.807) is 0 Å². The maximum Gasteiger partial charge on any atom is 0.490 e. The molecule has 0 atom stereocenters. The van der Waals surface area contributed by atoms with E-state index in [2.05, 4.69) is 0 Å². The Morgan fingerprint density at radius 1 is 0.893 bits per heavy atom. The van der Waals surface area contributed by atoms with E-state index in [4.69, 9.17) is 25.5 Å². The standard InChI is InChI=1S/C11H22N2O.2C2HF3O2/c1-13(2)8-11(14)7-9-3-5-10(12)6-4-9;2*3-2(4,5)1(6)7/h9-10H,3-8,12H2,1-2H3;2*(H,6,7). The van der Waals surface area contributed by atoms with Crippen molar-refractivity contribution in [3.8, 4) is 0 Å². The maximum atomic E-state index is 11.5. The van der Waals surface area contributed by atoms with E-state index >= 15 is 0 Å². The summed E-state index contributed by atoms with van der Waals surface area (Å²) in [5.41, 5.74) is 5.82. The van der Waals surface area contributed by atoms with E-state index in [9.17, 15) is 31.1 Å². The fourth-order valence-corrected chi connectivity index (χ4v) is 2.13. The summed E-state index contributed by atoms with van der Waals surface area (Å²) in [6.45, 7) is 0.586. The van der Waals surface area contributed by atoms with E-state index < -0.39 is 24.3 Å². The van der Waals surface area contributed by atoms with E-state index in [1.807, 2.05) is 19.0 Å². The zero-order valence-electron chi connectivity index (χ0n) is 15.3. The summed E-state index contributed by atoms with van der Waals surface area (Å²) >= 11 is 0. The molecule has 0 unspecified atom stereocenters. The summed E-state index contributed by atoms with van der Waals surface area (Å²) < 4.78 is 63.5. The Morgan fingerprint density at radius 3 is 1.46 bits per heavy atom. The number of nitrogens with two attached hydrogens (primary N) is 1. The lowest BCUT2D eigenvalue weighted by Crippen LogP contribution is -2.29. The van der Waals surface area contributed by atoms with Crippen LogP contribution in [0.5, 0.6) is 0 Å². The van der Waals surface area contributed by atoms with Crippen molar-refractivity contribution in [3.05, 3.63) is 0 Å². The number of rotatable bonds is 4. The van der Waals surface area contributed by atoms with Crippen LogP contribution in [0.25, 0.3) is 0 Å². The third-order valence-corrected chi connectivity index (χ3v) is 3.39. The number of Topliss-reactive ketones (excluding diaryl/α,β-unsaturated/α-hetero) is 1. The van der Waals surface area contributed by atoms with Gasteiger partial charge in [-0.1, -0.05) is 0 Å². The Hall–Kier alpha value is -1.89. The van der Waals surface area contributed by atoms with Crippen LogP contribution in [0.15, 0.2) is 0 Å². The maximum absolute atomic E-state index is 11.5. The molecule has 0 heterocycles. The largest absolute Gasteiger partial charge is 0.490 e. The van der Waals surface area contributed by atoms with Crippen molar-refractivity contribution in [3.63, 3.8) is 0 Å². The van der Waals surface area contributed by atoms with Gasteiger partial charge < -0.3 is 20.8 Å². The lowest BCUT2D eigenvalue weighted by atomic mass is 9.83. The van der Waals surface area contributed by atoms with E-state index in [0.29, 0.717) is 24.3 Å². The van der Waals surface area contributed by atoms with Crippen LogP contribution in [-0.4, -0.2) is 71.9 Å². The molecule has 13 heteroatoms. The highest BCUT2D eigenvalue weighted by Gasteiger charge is 2.38. The zero-order chi connectivity index (χ0) is 22.7. The number of nitrogens with zero attached hydrogens (tertiary/aromatic N) is 1. The van der Waals surface area contributed by atoms with Crippen LogP contribution in [0.1, 0.15) is 32.1 Å². The molecule has 28 heavy (non-hydrogen) atoms. The van der Waals surface area contributed by atoms with Gasteiger partial charge in [0.1, 0.15) is 5.78 Å². The molecule has 0 aromatic heterocycles. The molecule has 166 valence electrons. The summed E-state index contributed by atoms with van der Waals surface area (Å²) in [5, 5.41) is 14.2. The molecular weight excluding hydrogens is 402 g/mol. The fraction of sp³-hybridized carbons (Fsp3) is 0.800. The molecule has 1 aliphatic carbocycles. The van der Waals surface area contributed by atoms with Gasteiger partial charge in [0.15, 0.2) is 0 Å². The van der Waals surface area contributed by atoms with E-state index in [-0.39, 0.29) is 0 Å². The van der Waals surface area contributed by atoms with Crippen LogP contribution < -0.4 is 5.73 Å². The topological polar surface area (TPSA) is 121 Å². The predicted molar refractivity (Wildman–Crippen MR) is 85.5 cm³/mol. The number of hydrogen-bond acceptors (Lipinski definition) is 5. The van der Waals surface area contributed by atoms with Crippen molar-refractivity contribution >= 4 is 17.7 Å². The first-order chi connectivity index (χ1) is 12.5. The van der Waals surface area contributed by atoms with Gasteiger partial charge in [-0.25, -0.2) is 9.59 Å². The van der Waals surface area contributed by atoms with Gasteiger partial charge in [0, 0.05) is 12.5 Å². The average Bonchev–Trinajstić information content (AvgIpc) is 2.48. The van der Waals surface area contributed by atoms with Gasteiger partial charge in [0.2, 0.25) is 0 Å². The number of hydrogen-bond donors (Lipinski definition) is 3. The molecule has 0 aromatic carbocycles. The highest BCUT2D eigenvalue weighted by Crippen LogP contribution is 2.25. The lowest BCUT2D eigenvalue weighted by Gasteiger charge is -2.25. The minimum absolute atomic E-state index is 0.371. The molecule has 0 saturated heterocycles.